The molecule has 8 rings (SSSR count). The summed E-state index contributed by atoms with van der Waals surface area (Å²) in [5.41, 5.74) is 12.9. The number of carboxylic acids is 1. The van der Waals surface area contributed by atoms with Crippen LogP contribution in [0.5, 0.6) is 5.75 Å². The number of carbonyl (C=O) groups is 1. The third kappa shape index (κ3) is 3.06. The highest BCUT2D eigenvalue weighted by molar-refractivity contribution is 6.00. The van der Waals surface area contributed by atoms with Crippen molar-refractivity contribution in [1.29, 1.82) is 0 Å². The van der Waals surface area contributed by atoms with Crippen molar-refractivity contribution in [1.82, 2.24) is 4.90 Å². The summed E-state index contributed by atoms with van der Waals surface area (Å²) in [4.78, 5) is 17.6. The fourth-order valence-corrected chi connectivity index (χ4v) is 7.90. The Morgan fingerprint density at radius 3 is 2.51 bits per heavy atom. The van der Waals surface area contributed by atoms with Crippen molar-refractivity contribution < 1.29 is 14.6 Å². The molecule has 5 nitrogen and oxygen atoms in total. The van der Waals surface area contributed by atoms with Crippen molar-refractivity contribution >= 4 is 17.2 Å². The SMILES string of the molecule is O=C(O)c1ccccc1C1=C2C=C3CCCN4CCCC(=C34)C2Oc2c1cc1c3c2CCCN3CCC1. The van der Waals surface area contributed by atoms with E-state index in [0.29, 0.717) is 5.56 Å². The fourth-order valence-electron chi connectivity index (χ4n) is 7.90. The van der Waals surface area contributed by atoms with Gasteiger partial charge in [-0.05, 0) is 91.8 Å². The molecule has 2 aromatic carbocycles. The standard InChI is InChI=1S/C32H32N2O3/c35-32(36)22-10-2-1-9-21(22)27-25-17-19-7-3-13-33-15-5-11-23(28(19)33)30(25)37-31-24-12-6-16-34-14-4-8-20(29(24)34)18-26(27)31/h1-2,9-10,17-18,30H,3-8,11-16H2,(H,35,36). The molecule has 1 N–H and O–H groups in total. The van der Waals surface area contributed by atoms with Crippen molar-refractivity contribution in [3.8, 4) is 5.75 Å². The summed E-state index contributed by atoms with van der Waals surface area (Å²) >= 11 is 0. The summed E-state index contributed by atoms with van der Waals surface area (Å²) in [6.07, 6.45) is 11.1. The summed E-state index contributed by atoms with van der Waals surface area (Å²) in [6.45, 7) is 4.49. The van der Waals surface area contributed by atoms with E-state index in [-0.39, 0.29) is 6.10 Å². The first-order chi connectivity index (χ1) is 18.2. The molecule has 1 unspecified atom stereocenters. The number of ether oxygens (including phenoxy) is 1. The van der Waals surface area contributed by atoms with Crippen LogP contribution in [0.15, 0.2) is 58.8 Å². The van der Waals surface area contributed by atoms with Crippen molar-refractivity contribution in [2.24, 2.45) is 0 Å². The summed E-state index contributed by atoms with van der Waals surface area (Å²) in [5, 5.41) is 10.2. The molecule has 0 bridgehead atoms. The van der Waals surface area contributed by atoms with Gasteiger partial charge in [-0.3, -0.25) is 0 Å². The number of fused-ring (bicyclic) bond motifs is 4. The molecule has 2 aromatic rings. The Kier molecular flexibility index (Phi) is 4.68. The molecule has 188 valence electrons. The van der Waals surface area contributed by atoms with Crippen molar-refractivity contribution in [2.45, 2.75) is 57.5 Å². The molecule has 37 heavy (non-hydrogen) atoms. The molecule has 5 heteroatoms. The second-order valence-electron chi connectivity index (χ2n) is 11.4. The average Bonchev–Trinajstić information content (AvgIpc) is 2.93. The minimum atomic E-state index is -0.872. The van der Waals surface area contributed by atoms with Crippen molar-refractivity contribution in [2.75, 3.05) is 31.1 Å². The molecule has 5 heterocycles. The zero-order valence-corrected chi connectivity index (χ0v) is 21.2. The molecule has 6 aliphatic rings. The maximum atomic E-state index is 12.5. The van der Waals surface area contributed by atoms with E-state index in [4.69, 9.17) is 4.74 Å². The molecule has 5 aliphatic heterocycles. The van der Waals surface area contributed by atoms with Gasteiger partial charge >= 0.3 is 5.97 Å². The molecule has 0 spiro atoms. The van der Waals surface area contributed by atoms with E-state index < -0.39 is 5.97 Å². The van der Waals surface area contributed by atoms with Gasteiger partial charge in [-0.15, -0.1) is 0 Å². The van der Waals surface area contributed by atoms with Crippen LogP contribution in [0.4, 0.5) is 5.69 Å². The molecule has 1 atom stereocenters. The number of piperidine rings is 1. The first kappa shape index (κ1) is 21.6. The number of hydrogen-bond donors (Lipinski definition) is 1. The zero-order chi connectivity index (χ0) is 24.7. The van der Waals surface area contributed by atoms with E-state index in [0.717, 1.165) is 92.7 Å². The smallest absolute Gasteiger partial charge is 0.336 e. The van der Waals surface area contributed by atoms with E-state index >= 15 is 0 Å². The van der Waals surface area contributed by atoms with Crippen molar-refractivity contribution in [3.05, 3.63) is 86.6 Å². The lowest BCUT2D eigenvalue weighted by molar-refractivity contribution is 0.0696. The molecular formula is C32H32N2O3. The van der Waals surface area contributed by atoms with E-state index in [1.807, 2.05) is 18.2 Å². The van der Waals surface area contributed by atoms with E-state index in [2.05, 4.69) is 21.9 Å². The van der Waals surface area contributed by atoms with Crippen LogP contribution in [0.25, 0.3) is 5.57 Å². The van der Waals surface area contributed by atoms with Gasteiger partial charge in [0.25, 0.3) is 0 Å². The molecule has 0 aromatic heterocycles. The highest BCUT2D eigenvalue weighted by atomic mass is 16.5. The third-order valence-corrected chi connectivity index (χ3v) is 9.29. The summed E-state index contributed by atoms with van der Waals surface area (Å²) in [6, 6.07) is 9.92. The Morgan fingerprint density at radius 2 is 1.65 bits per heavy atom. The number of nitrogens with zero attached hydrogens (tertiary/aromatic N) is 2. The van der Waals surface area contributed by atoms with Gasteiger partial charge in [-0.1, -0.05) is 18.2 Å². The molecule has 0 radical (unpaired) electrons. The lowest BCUT2D eigenvalue weighted by atomic mass is 9.74. The van der Waals surface area contributed by atoms with Crippen LogP contribution >= 0.6 is 0 Å². The second-order valence-corrected chi connectivity index (χ2v) is 11.4. The van der Waals surface area contributed by atoms with Gasteiger partial charge in [0, 0.05) is 59.8 Å². The van der Waals surface area contributed by atoms with Gasteiger partial charge in [0.15, 0.2) is 0 Å². The predicted molar refractivity (Wildman–Crippen MR) is 144 cm³/mol. The van der Waals surface area contributed by atoms with E-state index in [1.54, 1.807) is 6.07 Å². The number of benzene rings is 2. The lowest BCUT2D eigenvalue weighted by Crippen LogP contribution is -2.42. The first-order valence-electron chi connectivity index (χ1n) is 14.1. The lowest BCUT2D eigenvalue weighted by Gasteiger charge is -2.46. The van der Waals surface area contributed by atoms with Crippen LogP contribution in [-0.4, -0.2) is 48.3 Å². The van der Waals surface area contributed by atoms with Crippen LogP contribution in [-0.2, 0) is 12.8 Å². The number of allylic oxidation sites excluding steroid dienone is 1. The Balaban J connectivity index is 1.45. The minimum absolute atomic E-state index is 0.141. The predicted octanol–water partition coefficient (Wildman–Crippen LogP) is 5.73. The molecular weight excluding hydrogens is 460 g/mol. The molecule has 1 aliphatic carbocycles. The van der Waals surface area contributed by atoms with Crippen LogP contribution < -0.4 is 9.64 Å². The third-order valence-electron chi connectivity index (χ3n) is 9.29. The van der Waals surface area contributed by atoms with Gasteiger partial charge in [0.1, 0.15) is 11.9 Å². The number of hydrogen-bond acceptors (Lipinski definition) is 4. The zero-order valence-electron chi connectivity index (χ0n) is 21.2. The number of anilines is 1. The minimum Gasteiger partial charge on any atom is -0.480 e. The fraction of sp³-hybridized carbons (Fsp3) is 0.406. The average molecular weight is 493 g/mol. The van der Waals surface area contributed by atoms with E-state index in [9.17, 15) is 9.90 Å². The second kappa shape index (κ2) is 8.01. The number of aryl methyl sites for hydroxylation is 1. The van der Waals surface area contributed by atoms with Crippen LogP contribution in [0.3, 0.4) is 0 Å². The van der Waals surface area contributed by atoms with Gasteiger partial charge < -0.3 is 19.6 Å². The van der Waals surface area contributed by atoms with Gasteiger partial charge in [-0.25, -0.2) is 4.79 Å². The topological polar surface area (TPSA) is 53.0 Å². The van der Waals surface area contributed by atoms with Crippen LogP contribution in [0.1, 0.15) is 71.1 Å². The van der Waals surface area contributed by atoms with E-state index in [1.165, 1.54) is 46.5 Å². The van der Waals surface area contributed by atoms with Crippen LogP contribution in [0.2, 0.25) is 0 Å². The Bertz CT molecular complexity index is 1460. The highest BCUT2D eigenvalue weighted by Crippen LogP contribution is 2.53. The largest absolute Gasteiger partial charge is 0.480 e. The Morgan fingerprint density at radius 1 is 0.892 bits per heavy atom. The Labute approximate surface area is 217 Å². The number of carboxylic acid groups (broad SMARTS) is 1. The van der Waals surface area contributed by atoms with Crippen molar-refractivity contribution in [3.63, 3.8) is 0 Å². The number of rotatable bonds is 2. The highest BCUT2D eigenvalue weighted by Gasteiger charge is 2.42. The Hall–Kier alpha value is -3.47. The molecule has 1 saturated heterocycles. The maximum Gasteiger partial charge on any atom is 0.336 e. The monoisotopic (exact) mass is 492 g/mol. The molecule has 1 fully saturated rings. The van der Waals surface area contributed by atoms with Gasteiger partial charge in [0.2, 0.25) is 0 Å². The summed E-state index contributed by atoms with van der Waals surface area (Å²) in [7, 11) is 0. The maximum absolute atomic E-state index is 12.5. The van der Waals surface area contributed by atoms with Gasteiger partial charge in [0.05, 0.1) is 5.56 Å². The first-order valence-corrected chi connectivity index (χ1v) is 14.1. The molecule has 0 saturated carbocycles. The quantitative estimate of drug-likeness (QED) is 0.580. The summed E-state index contributed by atoms with van der Waals surface area (Å²) < 4.78 is 7.13. The normalized spacial score (nSPS) is 23.5. The number of aromatic carboxylic acids is 1. The van der Waals surface area contributed by atoms with Gasteiger partial charge in [-0.2, -0.15) is 0 Å². The summed E-state index contributed by atoms with van der Waals surface area (Å²) in [5.74, 6) is 0.135. The van der Waals surface area contributed by atoms with Crippen LogP contribution in [0, 0.1) is 0 Å². The molecule has 0 amide bonds.